The molecule has 0 aromatic carbocycles. The molecule has 0 spiro atoms. The summed E-state index contributed by atoms with van der Waals surface area (Å²) in [5.41, 5.74) is 2.76. The van der Waals surface area contributed by atoms with E-state index in [9.17, 15) is 0 Å². The van der Waals surface area contributed by atoms with Gasteiger partial charge in [-0.2, -0.15) is 0 Å². The summed E-state index contributed by atoms with van der Waals surface area (Å²) in [6.07, 6.45) is 5.83. The molecular formula is C10H15N3. The molecule has 1 aliphatic heterocycles. The Labute approximate surface area is 78.2 Å². The van der Waals surface area contributed by atoms with Crippen LogP contribution in [0.5, 0.6) is 0 Å². The molecular weight excluding hydrogens is 162 g/mol. The van der Waals surface area contributed by atoms with Crippen molar-refractivity contribution in [1.82, 2.24) is 14.9 Å². The minimum absolute atomic E-state index is 0.594. The average Bonchev–Trinajstić information content (AvgIpc) is 2.92. The minimum Gasteiger partial charge on any atom is -0.336 e. The van der Waals surface area contributed by atoms with Gasteiger partial charge in [0.1, 0.15) is 0 Å². The van der Waals surface area contributed by atoms with E-state index in [1.165, 1.54) is 24.2 Å². The van der Waals surface area contributed by atoms with E-state index in [2.05, 4.69) is 21.9 Å². The molecule has 13 heavy (non-hydrogen) atoms. The quantitative estimate of drug-likeness (QED) is 0.694. The summed E-state index contributed by atoms with van der Waals surface area (Å²) in [6.45, 7) is 1.10. The van der Waals surface area contributed by atoms with Crippen molar-refractivity contribution >= 4 is 0 Å². The molecule has 3 heteroatoms. The van der Waals surface area contributed by atoms with E-state index in [4.69, 9.17) is 0 Å². The summed E-state index contributed by atoms with van der Waals surface area (Å²) in [4.78, 5) is 4.44. The van der Waals surface area contributed by atoms with E-state index in [0.717, 1.165) is 18.9 Å². The van der Waals surface area contributed by atoms with Crippen molar-refractivity contribution in [3.8, 4) is 0 Å². The fourth-order valence-electron chi connectivity index (χ4n) is 2.34. The Morgan fingerprint density at radius 1 is 1.54 bits per heavy atom. The first kappa shape index (κ1) is 7.56. The summed E-state index contributed by atoms with van der Waals surface area (Å²) >= 11 is 0. The summed E-state index contributed by atoms with van der Waals surface area (Å²) in [6, 6.07) is 0.594. The van der Waals surface area contributed by atoms with Crippen LogP contribution in [0.15, 0.2) is 6.33 Å². The standard InChI is InChI=1S/C10H15N3/c1-13-6-12-8-4-5-11-9(10(8)13)7-2-3-7/h6-7,9,11H,2-5H2,1H3. The molecule has 0 radical (unpaired) electrons. The van der Waals surface area contributed by atoms with E-state index < -0.39 is 0 Å². The first-order chi connectivity index (χ1) is 6.36. The smallest absolute Gasteiger partial charge is 0.0949 e. The zero-order valence-electron chi connectivity index (χ0n) is 7.95. The second-order valence-electron chi connectivity index (χ2n) is 4.21. The zero-order chi connectivity index (χ0) is 8.84. The predicted octanol–water partition coefficient (Wildman–Crippen LogP) is 1.02. The number of hydrogen-bond acceptors (Lipinski definition) is 2. The normalized spacial score (nSPS) is 27.3. The lowest BCUT2D eigenvalue weighted by molar-refractivity contribution is 0.434. The van der Waals surface area contributed by atoms with Gasteiger partial charge in [0, 0.05) is 20.0 Å². The average molecular weight is 177 g/mol. The van der Waals surface area contributed by atoms with Gasteiger partial charge in [0.25, 0.3) is 0 Å². The molecule has 1 aliphatic carbocycles. The lowest BCUT2D eigenvalue weighted by atomic mass is 10.0. The van der Waals surface area contributed by atoms with Crippen molar-refractivity contribution in [2.45, 2.75) is 25.3 Å². The number of fused-ring (bicyclic) bond motifs is 1. The van der Waals surface area contributed by atoms with Crippen LogP contribution in [-0.2, 0) is 13.5 Å². The van der Waals surface area contributed by atoms with E-state index in [-0.39, 0.29) is 0 Å². The lowest BCUT2D eigenvalue weighted by Gasteiger charge is -2.24. The number of aryl methyl sites for hydroxylation is 1. The Balaban J connectivity index is 2.03. The third-order valence-corrected chi connectivity index (χ3v) is 3.18. The van der Waals surface area contributed by atoms with Crippen molar-refractivity contribution in [2.75, 3.05) is 6.54 Å². The van der Waals surface area contributed by atoms with Crippen LogP contribution in [0.1, 0.15) is 30.3 Å². The maximum Gasteiger partial charge on any atom is 0.0949 e. The van der Waals surface area contributed by atoms with Gasteiger partial charge in [-0.3, -0.25) is 0 Å². The molecule has 1 unspecified atom stereocenters. The number of imidazole rings is 1. The van der Waals surface area contributed by atoms with Gasteiger partial charge in [-0.25, -0.2) is 4.98 Å². The highest BCUT2D eigenvalue weighted by Crippen LogP contribution is 2.42. The molecule has 0 bridgehead atoms. The van der Waals surface area contributed by atoms with Gasteiger partial charge in [-0.1, -0.05) is 0 Å². The highest BCUT2D eigenvalue weighted by atomic mass is 15.1. The van der Waals surface area contributed by atoms with Crippen molar-refractivity contribution in [3.05, 3.63) is 17.7 Å². The number of nitrogens with zero attached hydrogens (tertiary/aromatic N) is 2. The van der Waals surface area contributed by atoms with Crippen molar-refractivity contribution in [1.29, 1.82) is 0 Å². The molecule has 0 amide bonds. The van der Waals surface area contributed by atoms with Crippen molar-refractivity contribution in [3.63, 3.8) is 0 Å². The van der Waals surface area contributed by atoms with Crippen LogP contribution >= 0.6 is 0 Å². The Morgan fingerprint density at radius 2 is 2.38 bits per heavy atom. The fraction of sp³-hybridized carbons (Fsp3) is 0.700. The summed E-state index contributed by atoms with van der Waals surface area (Å²) < 4.78 is 2.18. The highest BCUT2D eigenvalue weighted by molar-refractivity contribution is 5.22. The van der Waals surface area contributed by atoms with Crippen LogP contribution in [0.2, 0.25) is 0 Å². The summed E-state index contributed by atoms with van der Waals surface area (Å²) in [5.74, 6) is 0.884. The van der Waals surface area contributed by atoms with Gasteiger partial charge < -0.3 is 9.88 Å². The monoisotopic (exact) mass is 177 g/mol. The van der Waals surface area contributed by atoms with Crippen LogP contribution in [-0.4, -0.2) is 16.1 Å². The number of hydrogen-bond donors (Lipinski definition) is 1. The van der Waals surface area contributed by atoms with E-state index in [1.807, 2.05) is 6.33 Å². The van der Waals surface area contributed by atoms with Crippen LogP contribution < -0.4 is 5.32 Å². The van der Waals surface area contributed by atoms with E-state index >= 15 is 0 Å². The second-order valence-corrected chi connectivity index (χ2v) is 4.21. The second kappa shape index (κ2) is 2.58. The molecule has 3 nitrogen and oxygen atoms in total. The highest BCUT2D eigenvalue weighted by Gasteiger charge is 2.36. The first-order valence-corrected chi connectivity index (χ1v) is 5.10. The predicted molar refractivity (Wildman–Crippen MR) is 50.4 cm³/mol. The first-order valence-electron chi connectivity index (χ1n) is 5.10. The zero-order valence-corrected chi connectivity index (χ0v) is 7.95. The lowest BCUT2D eigenvalue weighted by Crippen LogP contribution is -2.32. The van der Waals surface area contributed by atoms with Gasteiger partial charge in [-0.15, -0.1) is 0 Å². The van der Waals surface area contributed by atoms with Crippen LogP contribution in [0.3, 0.4) is 0 Å². The third kappa shape index (κ3) is 1.10. The van der Waals surface area contributed by atoms with E-state index in [1.54, 1.807) is 0 Å². The Kier molecular flexibility index (Phi) is 1.50. The molecule has 1 saturated carbocycles. The molecule has 1 atom stereocenters. The minimum atomic E-state index is 0.594. The third-order valence-electron chi connectivity index (χ3n) is 3.18. The Hall–Kier alpha value is -0.830. The van der Waals surface area contributed by atoms with Gasteiger partial charge in [0.05, 0.1) is 23.8 Å². The molecule has 1 aromatic heterocycles. The van der Waals surface area contributed by atoms with Gasteiger partial charge in [-0.05, 0) is 18.8 Å². The van der Waals surface area contributed by atoms with Crippen molar-refractivity contribution in [2.24, 2.45) is 13.0 Å². The largest absolute Gasteiger partial charge is 0.336 e. The van der Waals surface area contributed by atoms with Crippen molar-refractivity contribution < 1.29 is 0 Å². The molecule has 0 saturated heterocycles. The molecule has 2 heterocycles. The Morgan fingerprint density at radius 3 is 3.15 bits per heavy atom. The van der Waals surface area contributed by atoms with Crippen LogP contribution in [0, 0.1) is 5.92 Å². The number of rotatable bonds is 1. The van der Waals surface area contributed by atoms with Gasteiger partial charge in [0.15, 0.2) is 0 Å². The maximum absolute atomic E-state index is 4.44. The molecule has 3 rings (SSSR count). The molecule has 1 aromatic rings. The SMILES string of the molecule is Cn1cnc2c1C(C1CC1)NCC2. The molecule has 1 fully saturated rings. The Bertz CT molecular complexity index is 325. The molecule has 70 valence electrons. The van der Waals surface area contributed by atoms with Crippen LogP contribution in [0.4, 0.5) is 0 Å². The summed E-state index contributed by atoms with van der Waals surface area (Å²) in [5, 5.41) is 3.60. The maximum atomic E-state index is 4.44. The van der Waals surface area contributed by atoms with Gasteiger partial charge >= 0.3 is 0 Å². The van der Waals surface area contributed by atoms with E-state index in [0.29, 0.717) is 6.04 Å². The van der Waals surface area contributed by atoms with Crippen LogP contribution in [0.25, 0.3) is 0 Å². The number of nitrogens with one attached hydrogen (secondary N) is 1. The molecule has 2 aliphatic rings. The van der Waals surface area contributed by atoms with Gasteiger partial charge in [0.2, 0.25) is 0 Å². The molecule has 1 N–H and O–H groups in total. The fourth-order valence-corrected chi connectivity index (χ4v) is 2.34. The number of aromatic nitrogens is 2. The topological polar surface area (TPSA) is 29.9 Å². The summed E-state index contributed by atoms with van der Waals surface area (Å²) in [7, 11) is 2.11.